The normalized spacial score (nSPS) is 10.4. The van der Waals surface area contributed by atoms with Crippen molar-refractivity contribution in [3.8, 4) is 0 Å². The Labute approximate surface area is 134 Å². The molecule has 0 aliphatic rings. The molecule has 0 fully saturated rings. The van der Waals surface area contributed by atoms with Gasteiger partial charge in [-0.15, -0.1) is 0 Å². The van der Waals surface area contributed by atoms with E-state index in [1.807, 2.05) is 43.0 Å². The molecule has 1 aromatic heterocycles. The van der Waals surface area contributed by atoms with Crippen LogP contribution in [0.5, 0.6) is 0 Å². The SMILES string of the molecule is CCN(CC)C(=O)Sc1cnccc1Sc1ccccc1. The molecule has 0 radical (unpaired) electrons. The van der Waals surface area contributed by atoms with Crippen LogP contribution in [0.1, 0.15) is 13.8 Å². The third kappa shape index (κ3) is 4.51. The zero-order valence-corrected chi connectivity index (χ0v) is 13.8. The molecule has 1 aromatic carbocycles. The van der Waals surface area contributed by atoms with E-state index < -0.39 is 0 Å². The minimum Gasteiger partial charge on any atom is -0.334 e. The quantitative estimate of drug-likeness (QED) is 0.742. The largest absolute Gasteiger partial charge is 0.334 e. The Kier molecular flexibility index (Phi) is 6.14. The van der Waals surface area contributed by atoms with Crippen molar-refractivity contribution in [3.05, 3.63) is 48.8 Å². The molecule has 0 saturated carbocycles. The second-order valence-corrected chi connectivity index (χ2v) is 6.39. The molecule has 0 saturated heterocycles. The van der Waals surface area contributed by atoms with E-state index in [4.69, 9.17) is 0 Å². The minimum absolute atomic E-state index is 0.0721. The van der Waals surface area contributed by atoms with E-state index in [9.17, 15) is 4.79 Å². The second-order valence-electron chi connectivity index (χ2n) is 4.28. The first-order valence-corrected chi connectivity index (χ1v) is 8.51. The highest BCUT2D eigenvalue weighted by atomic mass is 32.2. The summed E-state index contributed by atoms with van der Waals surface area (Å²) in [6.45, 7) is 5.43. The van der Waals surface area contributed by atoms with Crippen LogP contribution in [0.4, 0.5) is 4.79 Å². The minimum atomic E-state index is 0.0721. The molecule has 0 unspecified atom stereocenters. The summed E-state index contributed by atoms with van der Waals surface area (Å²) in [6, 6.07) is 12.1. The van der Waals surface area contributed by atoms with Crippen molar-refractivity contribution in [1.29, 1.82) is 0 Å². The number of hydrogen-bond acceptors (Lipinski definition) is 4. The van der Waals surface area contributed by atoms with Gasteiger partial charge in [-0.1, -0.05) is 30.0 Å². The predicted molar refractivity (Wildman–Crippen MR) is 89.0 cm³/mol. The van der Waals surface area contributed by atoms with E-state index in [1.54, 1.807) is 24.2 Å². The molecule has 3 nitrogen and oxygen atoms in total. The highest BCUT2D eigenvalue weighted by Gasteiger charge is 2.14. The Morgan fingerprint density at radius 3 is 2.48 bits per heavy atom. The van der Waals surface area contributed by atoms with Crippen molar-refractivity contribution in [2.24, 2.45) is 0 Å². The smallest absolute Gasteiger partial charge is 0.286 e. The number of carbonyl (C=O) groups excluding carboxylic acids is 1. The van der Waals surface area contributed by atoms with E-state index in [1.165, 1.54) is 11.8 Å². The molecular formula is C16H18N2OS2. The third-order valence-electron chi connectivity index (χ3n) is 2.94. The van der Waals surface area contributed by atoms with E-state index in [2.05, 4.69) is 17.1 Å². The fraction of sp³-hybridized carbons (Fsp3) is 0.250. The summed E-state index contributed by atoms with van der Waals surface area (Å²) >= 11 is 2.90. The van der Waals surface area contributed by atoms with Crippen molar-refractivity contribution in [2.75, 3.05) is 13.1 Å². The van der Waals surface area contributed by atoms with Gasteiger partial charge in [0.1, 0.15) is 0 Å². The molecule has 0 spiro atoms. The highest BCUT2D eigenvalue weighted by molar-refractivity contribution is 8.14. The Hall–Kier alpha value is -1.46. The zero-order valence-electron chi connectivity index (χ0n) is 12.2. The third-order valence-corrected chi connectivity index (χ3v) is 5.13. The van der Waals surface area contributed by atoms with Crippen LogP contribution in [0.15, 0.2) is 63.5 Å². The summed E-state index contributed by atoms with van der Waals surface area (Å²) in [5, 5.41) is 0.0721. The fourth-order valence-corrected chi connectivity index (χ4v) is 3.72. The first-order chi connectivity index (χ1) is 10.2. The summed E-state index contributed by atoms with van der Waals surface area (Å²) in [4.78, 5) is 21.3. The molecule has 0 bridgehead atoms. The molecule has 21 heavy (non-hydrogen) atoms. The van der Waals surface area contributed by atoms with Gasteiger partial charge in [0.2, 0.25) is 0 Å². The van der Waals surface area contributed by atoms with Crippen molar-refractivity contribution in [2.45, 2.75) is 28.5 Å². The van der Waals surface area contributed by atoms with E-state index in [0.29, 0.717) is 0 Å². The number of benzene rings is 1. The van der Waals surface area contributed by atoms with Crippen LogP contribution < -0.4 is 0 Å². The summed E-state index contributed by atoms with van der Waals surface area (Å²) < 4.78 is 0. The molecule has 0 atom stereocenters. The van der Waals surface area contributed by atoms with Gasteiger partial charge in [-0.25, -0.2) is 0 Å². The van der Waals surface area contributed by atoms with Crippen LogP contribution in [-0.2, 0) is 0 Å². The molecule has 2 aromatic rings. The lowest BCUT2D eigenvalue weighted by molar-refractivity contribution is 0.228. The molecule has 5 heteroatoms. The van der Waals surface area contributed by atoms with Crippen molar-refractivity contribution in [3.63, 3.8) is 0 Å². The van der Waals surface area contributed by atoms with Crippen LogP contribution >= 0.6 is 23.5 Å². The fourth-order valence-electron chi connectivity index (χ4n) is 1.78. The maximum absolute atomic E-state index is 12.2. The van der Waals surface area contributed by atoms with E-state index in [0.717, 1.165) is 27.8 Å². The number of aromatic nitrogens is 1. The lowest BCUT2D eigenvalue weighted by Crippen LogP contribution is -2.26. The summed E-state index contributed by atoms with van der Waals surface area (Å²) in [5.41, 5.74) is 0. The molecule has 0 N–H and O–H groups in total. The number of pyridine rings is 1. The van der Waals surface area contributed by atoms with E-state index >= 15 is 0 Å². The van der Waals surface area contributed by atoms with Crippen LogP contribution in [0.2, 0.25) is 0 Å². The summed E-state index contributed by atoms with van der Waals surface area (Å²) in [6.07, 6.45) is 3.52. The number of nitrogens with zero attached hydrogens (tertiary/aromatic N) is 2. The van der Waals surface area contributed by atoms with Gasteiger partial charge in [-0.05, 0) is 43.8 Å². The number of carbonyl (C=O) groups is 1. The Morgan fingerprint density at radius 2 is 1.81 bits per heavy atom. The van der Waals surface area contributed by atoms with Crippen molar-refractivity contribution in [1.82, 2.24) is 9.88 Å². The number of hydrogen-bond donors (Lipinski definition) is 0. The predicted octanol–water partition coefficient (Wildman–Crippen LogP) is 4.79. The first-order valence-electron chi connectivity index (χ1n) is 6.88. The van der Waals surface area contributed by atoms with Gasteiger partial charge in [0.25, 0.3) is 5.24 Å². The number of thioether (sulfide) groups is 1. The highest BCUT2D eigenvalue weighted by Crippen LogP contribution is 2.35. The maximum Gasteiger partial charge on any atom is 0.286 e. The topological polar surface area (TPSA) is 33.2 Å². The van der Waals surface area contributed by atoms with Crippen LogP contribution in [0.25, 0.3) is 0 Å². The molecule has 0 aliphatic heterocycles. The van der Waals surface area contributed by atoms with Crippen LogP contribution in [-0.4, -0.2) is 28.2 Å². The summed E-state index contributed by atoms with van der Waals surface area (Å²) in [7, 11) is 0. The average molecular weight is 318 g/mol. The van der Waals surface area contributed by atoms with Crippen LogP contribution in [0, 0.1) is 0 Å². The van der Waals surface area contributed by atoms with Gasteiger partial charge >= 0.3 is 0 Å². The Balaban J connectivity index is 2.15. The summed E-state index contributed by atoms with van der Waals surface area (Å²) in [5.74, 6) is 0. The monoisotopic (exact) mass is 318 g/mol. The van der Waals surface area contributed by atoms with Crippen molar-refractivity contribution < 1.29 is 4.79 Å². The zero-order chi connectivity index (χ0) is 15.1. The van der Waals surface area contributed by atoms with Crippen molar-refractivity contribution >= 4 is 28.8 Å². The van der Waals surface area contributed by atoms with Gasteiger partial charge in [-0.2, -0.15) is 0 Å². The second kappa shape index (κ2) is 8.10. The van der Waals surface area contributed by atoms with Gasteiger partial charge in [0.05, 0.1) is 0 Å². The molecule has 1 amide bonds. The standard InChI is InChI=1S/C16H18N2OS2/c1-3-18(4-2)16(19)21-15-12-17-11-10-14(15)20-13-8-6-5-7-9-13/h5-12H,3-4H2,1-2H3. The van der Waals surface area contributed by atoms with Gasteiger partial charge in [0, 0.05) is 40.2 Å². The van der Waals surface area contributed by atoms with E-state index in [-0.39, 0.29) is 5.24 Å². The lowest BCUT2D eigenvalue weighted by Gasteiger charge is -2.18. The number of rotatable bonds is 5. The van der Waals surface area contributed by atoms with Crippen LogP contribution in [0.3, 0.4) is 0 Å². The lowest BCUT2D eigenvalue weighted by atomic mass is 10.4. The molecule has 0 aliphatic carbocycles. The molecular weight excluding hydrogens is 300 g/mol. The number of amides is 1. The van der Waals surface area contributed by atoms with Gasteiger partial charge in [-0.3, -0.25) is 9.78 Å². The molecule has 2 rings (SSSR count). The van der Waals surface area contributed by atoms with Gasteiger partial charge < -0.3 is 4.90 Å². The van der Waals surface area contributed by atoms with Gasteiger partial charge in [0.15, 0.2) is 0 Å². The maximum atomic E-state index is 12.2. The molecule has 110 valence electrons. The Morgan fingerprint density at radius 1 is 1.10 bits per heavy atom. The molecule has 1 heterocycles. The Bertz CT molecular complexity index is 586. The average Bonchev–Trinajstić information content (AvgIpc) is 2.51. The first kappa shape index (κ1) is 15.9.